The number of benzene rings is 2. The van der Waals surface area contributed by atoms with Gasteiger partial charge in [-0.25, -0.2) is 22.5 Å². The molecule has 0 amide bonds. The molecule has 0 aliphatic heterocycles. The highest BCUT2D eigenvalue weighted by molar-refractivity contribution is 7.70. The minimum Gasteiger partial charge on any atom is -0.493 e. The van der Waals surface area contributed by atoms with Crippen LogP contribution in [0.4, 0.5) is 10.2 Å². The lowest BCUT2D eigenvalue weighted by Crippen LogP contribution is -2.11. The summed E-state index contributed by atoms with van der Waals surface area (Å²) in [5, 5.41) is 0. The van der Waals surface area contributed by atoms with Crippen LogP contribution in [0.1, 0.15) is 5.56 Å². The van der Waals surface area contributed by atoms with E-state index in [1.165, 1.54) is 19.5 Å². The number of methoxy groups -OCH3 is 1. The molecule has 1 aromatic heterocycles. The van der Waals surface area contributed by atoms with Gasteiger partial charge < -0.3 is 10.5 Å². The number of nitrogens with zero attached hydrogens (tertiary/aromatic N) is 2. The van der Waals surface area contributed by atoms with E-state index < -0.39 is 16.7 Å². The molecule has 140 valence electrons. The highest BCUT2D eigenvalue weighted by Crippen LogP contribution is 2.38. The maximum atomic E-state index is 15.1. The second-order valence-electron chi connectivity index (χ2n) is 5.58. The third-order valence-corrected chi connectivity index (χ3v) is 4.37. The number of halogens is 1. The van der Waals surface area contributed by atoms with Gasteiger partial charge in [-0.15, -0.1) is 0 Å². The largest absolute Gasteiger partial charge is 0.493 e. The average molecular weight is 388 g/mol. The summed E-state index contributed by atoms with van der Waals surface area (Å²) in [6, 6.07) is 10.4. The van der Waals surface area contributed by atoms with Gasteiger partial charge in [0.05, 0.1) is 25.2 Å². The molecule has 0 saturated heterocycles. The van der Waals surface area contributed by atoms with E-state index in [1.54, 1.807) is 36.4 Å². The summed E-state index contributed by atoms with van der Waals surface area (Å²) >= 11 is 0. The number of hydrogen-bond donors (Lipinski definition) is 3. The summed E-state index contributed by atoms with van der Waals surface area (Å²) in [5.41, 5.74) is 7.92. The van der Waals surface area contributed by atoms with E-state index in [0.29, 0.717) is 22.4 Å². The quantitative estimate of drug-likeness (QED) is 0.559. The Labute approximate surface area is 157 Å². The van der Waals surface area contributed by atoms with Gasteiger partial charge in [-0.1, -0.05) is 24.3 Å². The van der Waals surface area contributed by atoms with Gasteiger partial charge in [0.25, 0.3) is 0 Å². The molecule has 0 aliphatic carbocycles. The normalized spacial score (nSPS) is 10.9. The van der Waals surface area contributed by atoms with Crippen LogP contribution < -0.4 is 15.2 Å². The first kappa shape index (κ1) is 18.7. The van der Waals surface area contributed by atoms with E-state index in [1.807, 2.05) is 0 Å². The number of nitrogens with one attached hydrogen (secondary N) is 1. The van der Waals surface area contributed by atoms with Crippen molar-refractivity contribution >= 4 is 16.7 Å². The van der Waals surface area contributed by atoms with Crippen LogP contribution in [0.5, 0.6) is 5.75 Å². The van der Waals surface area contributed by atoms with Gasteiger partial charge >= 0.3 is 0 Å². The Morgan fingerprint density at radius 1 is 1.07 bits per heavy atom. The molecule has 3 rings (SSSR count). The summed E-state index contributed by atoms with van der Waals surface area (Å²) in [4.78, 5) is 8.02. The number of ether oxygens (including phenoxy) is 1. The third-order valence-electron chi connectivity index (χ3n) is 3.96. The minimum atomic E-state index is -2.74. The summed E-state index contributed by atoms with van der Waals surface area (Å²) in [6.45, 7) is 0.0881. The standard InChI is InChI=1S/C18H17FN4O3S/c1-26-18-13(12-5-3-2-4-11(12)8-23-27(24)25)6-7-14(17(18)19)15-9-22-16(20)10-21-15/h2-7,9-10,27H,8H2,1H3,(H2,20,22)(H,23,24,25). The Morgan fingerprint density at radius 2 is 1.81 bits per heavy atom. The van der Waals surface area contributed by atoms with Crippen LogP contribution in [-0.4, -0.2) is 25.5 Å². The van der Waals surface area contributed by atoms with Crippen LogP contribution >= 0.6 is 0 Å². The van der Waals surface area contributed by atoms with Gasteiger partial charge in [0.1, 0.15) is 5.82 Å². The molecule has 2 aromatic carbocycles. The van der Waals surface area contributed by atoms with E-state index >= 15 is 4.39 Å². The summed E-state index contributed by atoms with van der Waals surface area (Å²) in [7, 11) is -1.37. The zero-order valence-electron chi connectivity index (χ0n) is 14.3. The molecule has 1 heterocycles. The lowest BCUT2D eigenvalue weighted by atomic mass is 9.96. The first-order valence-electron chi connectivity index (χ1n) is 7.91. The first-order chi connectivity index (χ1) is 13.0. The Balaban J connectivity index is 2.10. The number of aromatic nitrogens is 2. The molecule has 7 nitrogen and oxygen atoms in total. The maximum Gasteiger partial charge on any atom is 0.201 e. The molecule has 0 atom stereocenters. The van der Waals surface area contributed by atoms with Crippen molar-refractivity contribution < 1.29 is 17.5 Å². The number of thiol groups is 1. The fraction of sp³-hybridized carbons (Fsp3) is 0.111. The van der Waals surface area contributed by atoms with Crippen molar-refractivity contribution in [3.8, 4) is 28.1 Å². The molecule has 0 spiro atoms. The topological polar surface area (TPSA) is 107 Å². The fourth-order valence-electron chi connectivity index (χ4n) is 2.73. The van der Waals surface area contributed by atoms with E-state index in [0.717, 1.165) is 0 Å². The van der Waals surface area contributed by atoms with Crippen molar-refractivity contribution in [1.82, 2.24) is 14.7 Å². The number of anilines is 1. The molecule has 0 saturated carbocycles. The Morgan fingerprint density at radius 3 is 2.48 bits per heavy atom. The van der Waals surface area contributed by atoms with E-state index in [2.05, 4.69) is 14.7 Å². The van der Waals surface area contributed by atoms with Crippen LogP contribution in [0.25, 0.3) is 22.4 Å². The number of nitrogen functional groups attached to an aromatic ring is 1. The first-order valence-corrected chi connectivity index (χ1v) is 9.09. The van der Waals surface area contributed by atoms with Crippen molar-refractivity contribution in [3.05, 3.63) is 60.2 Å². The molecule has 0 unspecified atom stereocenters. The smallest absolute Gasteiger partial charge is 0.201 e. The average Bonchev–Trinajstić information content (AvgIpc) is 2.67. The van der Waals surface area contributed by atoms with E-state index in [9.17, 15) is 8.42 Å². The predicted octanol–water partition coefficient (Wildman–Crippen LogP) is 2.16. The number of rotatable bonds is 6. The fourth-order valence-corrected chi connectivity index (χ4v) is 3.03. The maximum absolute atomic E-state index is 15.1. The van der Waals surface area contributed by atoms with Gasteiger partial charge in [0.2, 0.25) is 10.9 Å². The molecule has 9 heteroatoms. The van der Waals surface area contributed by atoms with Gasteiger partial charge in [-0.3, -0.25) is 4.98 Å². The molecule has 0 bridgehead atoms. The van der Waals surface area contributed by atoms with Gasteiger partial charge in [0, 0.05) is 17.7 Å². The molecule has 0 fully saturated rings. The van der Waals surface area contributed by atoms with Crippen LogP contribution in [0.2, 0.25) is 0 Å². The lowest BCUT2D eigenvalue weighted by molar-refractivity contribution is 0.389. The highest BCUT2D eigenvalue weighted by atomic mass is 32.2. The van der Waals surface area contributed by atoms with Gasteiger partial charge in [-0.2, -0.15) is 0 Å². The van der Waals surface area contributed by atoms with Crippen molar-refractivity contribution in [2.75, 3.05) is 12.8 Å². The van der Waals surface area contributed by atoms with E-state index in [4.69, 9.17) is 10.5 Å². The Hall–Kier alpha value is -3.04. The molecule has 27 heavy (non-hydrogen) atoms. The van der Waals surface area contributed by atoms with Gasteiger partial charge in [0.15, 0.2) is 11.6 Å². The molecule has 0 radical (unpaired) electrons. The second-order valence-corrected chi connectivity index (χ2v) is 6.41. The highest BCUT2D eigenvalue weighted by Gasteiger charge is 2.19. The van der Waals surface area contributed by atoms with E-state index in [-0.39, 0.29) is 23.7 Å². The van der Waals surface area contributed by atoms with Crippen molar-refractivity contribution in [1.29, 1.82) is 0 Å². The Kier molecular flexibility index (Phi) is 5.63. The molecular formula is C18H17FN4O3S. The zero-order chi connectivity index (χ0) is 19.4. The third kappa shape index (κ3) is 4.04. The molecule has 3 aromatic rings. The van der Waals surface area contributed by atoms with Crippen LogP contribution in [0.15, 0.2) is 48.8 Å². The van der Waals surface area contributed by atoms with Crippen molar-refractivity contribution in [3.63, 3.8) is 0 Å². The van der Waals surface area contributed by atoms with Crippen LogP contribution in [0, 0.1) is 5.82 Å². The predicted molar refractivity (Wildman–Crippen MR) is 101 cm³/mol. The van der Waals surface area contributed by atoms with Crippen molar-refractivity contribution in [2.45, 2.75) is 6.54 Å². The summed E-state index contributed by atoms with van der Waals surface area (Å²) < 4.78 is 44.5. The van der Waals surface area contributed by atoms with Gasteiger partial charge in [-0.05, 0) is 23.3 Å². The number of hydrogen-bond acceptors (Lipinski definition) is 6. The summed E-state index contributed by atoms with van der Waals surface area (Å²) in [6.07, 6.45) is 2.73. The van der Waals surface area contributed by atoms with Crippen molar-refractivity contribution in [2.24, 2.45) is 0 Å². The summed E-state index contributed by atoms with van der Waals surface area (Å²) in [5.74, 6) is -0.322. The lowest BCUT2D eigenvalue weighted by Gasteiger charge is -2.15. The zero-order valence-corrected chi connectivity index (χ0v) is 15.2. The molecule has 0 aliphatic rings. The minimum absolute atomic E-state index is 0.0325. The molecule has 3 N–H and O–H groups in total. The van der Waals surface area contributed by atoms with Crippen LogP contribution in [-0.2, 0) is 17.4 Å². The second kappa shape index (κ2) is 8.11. The monoisotopic (exact) mass is 388 g/mol. The SMILES string of the molecule is COc1c(-c2ccccc2CN[SH](=O)=O)ccc(-c2cnc(N)cn2)c1F. The number of nitrogens with two attached hydrogens (primary N) is 1. The molecular weight excluding hydrogens is 371 g/mol. The van der Waals surface area contributed by atoms with Crippen LogP contribution in [0.3, 0.4) is 0 Å². The Bertz CT molecular complexity index is 1030.